The predicted molar refractivity (Wildman–Crippen MR) is 86.2 cm³/mol. The van der Waals surface area contributed by atoms with Crippen LogP contribution in [-0.2, 0) is 0 Å². The molecule has 0 saturated heterocycles. The largest absolute Gasteiger partial charge is 0.494 e. The van der Waals surface area contributed by atoms with Gasteiger partial charge in [0.05, 0.1) is 6.61 Å². The molecule has 0 radical (unpaired) electrons. The van der Waals surface area contributed by atoms with Crippen molar-refractivity contribution in [2.24, 2.45) is 5.92 Å². The lowest BCUT2D eigenvalue weighted by Gasteiger charge is -2.29. The minimum absolute atomic E-state index is 0.154. The average Bonchev–Trinajstić information content (AvgIpc) is 2.52. The summed E-state index contributed by atoms with van der Waals surface area (Å²) < 4.78 is 10.9. The smallest absolute Gasteiger partial charge is 0.317 e. The zero-order valence-corrected chi connectivity index (χ0v) is 13.4. The highest BCUT2D eigenvalue weighted by atomic mass is 16.5. The molecule has 1 aliphatic rings. The number of carbonyl (C=O) groups excluding carboxylic acids is 1. The number of benzene rings is 1. The standard InChI is InChI=1S/C17H26N2O3/c1-3-21-14-8-10-15(11-9-14)22-12-18-17(20)19-16-7-5-4-6-13(16)2/h8-11,13,16H,3-7,12H2,1-2H3,(H2,18,19,20). The molecule has 2 amide bonds. The first-order valence-corrected chi connectivity index (χ1v) is 8.09. The van der Waals surface area contributed by atoms with Gasteiger partial charge in [0, 0.05) is 6.04 Å². The van der Waals surface area contributed by atoms with Crippen LogP contribution < -0.4 is 20.1 Å². The van der Waals surface area contributed by atoms with E-state index in [-0.39, 0.29) is 18.8 Å². The molecule has 0 heterocycles. The maximum Gasteiger partial charge on any atom is 0.317 e. The van der Waals surface area contributed by atoms with Crippen molar-refractivity contribution < 1.29 is 14.3 Å². The van der Waals surface area contributed by atoms with E-state index in [2.05, 4.69) is 17.6 Å². The number of hydrogen-bond acceptors (Lipinski definition) is 3. The first kappa shape index (κ1) is 16.5. The van der Waals surface area contributed by atoms with Gasteiger partial charge in [-0.15, -0.1) is 0 Å². The second-order valence-corrected chi connectivity index (χ2v) is 5.71. The molecule has 22 heavy (non-hydrogen) atoms. The van der Waals surface area contributed by atoms with Crippen LogP contribution in [0.2, 0.25) is 0 Å². The molecule has 5 heteroatoms. The Hall–Kier alpha value is -1.91. The summed E-state index contributed by atoms with van der Waals surface area (Å²) in [6.07, 6.45) is 4.71. The molecule has 1 fully saturated rings. The number of ether oxygens (including phenoxy) is 2. The molecule has 0 aromatic heterocycles. The zero-order valence-electron chi connectivity index (χ0n) is 13.4. The van der Waals surface area contributed by atoms with Gasteiger partial charge in [-0.25, -0.2) is 4.79 Å². The lowest BCUT2D eigenvalue weighted by Crippen LogP contribution is -2.46. The predicted octanol–water partition coefficient (Wildman–Crippen LogP) is 3.30. The molecular formula is C17H26N2O3. The molecule has 1 aromatic carbocycles. The van der Waals surface area contributed by atoms with Crippen LogP contribution in [0.3, 0.4) is 0 Å². The van der Waals surface area contributed by atoms with Crippen molar-refractivity contribution in [2.45, 2.75) is 45.6 Å². The molecule has 122 valence electrons. The monoisotopic (exact) mass is 306 g/mol. The number of urea groups is 1. The Bertz CT molecular complexity index is 461. The normalized spacial score (nSPS) is 21.0. The molecule has 1 aromatic rings. The Labute approximate surface area is 132 Å². The third kappa shape index (κ3) is 5.13. The molecule has 0 spiro atoms. The van der Waals surface area contributed by atoms with E-state index in [1.165, 1.54) is 19.3 Å². The van der Waals surface area contributed by atoms with E-state index in [0.29, 0.717) is 18.3 Å². The fourth-order valence-corrected chi connectivity index (χ4v) is 2.73. The van der Waals surface area contributed by atoms with Crippen molar-refractivity contribution in [2.75, 3.05) is 13.3 Å². The van der Waals surface area contributed by atoms with Gasteiger partial charge in [0.15, 0.2) is 6.73 Å². The molecule has 5 nitrogen and oxygen atoms in total. The molecule has 0 bridgehead atoms. The molecule has 2 unspecified atom stereocenters. The van der Waals surface area contributed by atoms with E-state index >= 15 is 0 Å². The maximum atomic E-state index is 11.9. The Morgan fingerprint density at radius 1 is 1.14 bits per heavy atom. The Kier molecular flexibility index (Phi) is 6.37. The number of rotatable bonds is 6. The lowest BCUT2D eigenvalue weighted by atomic mass is 9.86. The summed E-state index contributed by atoms with van der Waals surface area (Å²) in [4.78, 5) is 11.9. The minimum atomic E-state index is -0.162. The highest BCUT2D eigenvalue weighted by Gasteiger charge is 2.22. The van der Waals surface area contributed by atoms with Crippen LogP contribution in [-0.4, -0.2) is 25.4 Å². The van der Waals surface area contributed by atoms with Gasteiger partial charge < -0.3 is 20.1 Å². The number of amides is 2. The second kappa shape index (κ2) is 8.51. The molecule has 1 saturated carbocycles. The summed E-state index contributed by atoms with van der Waals surface area (Å²) in [7, 11) is 0. The number of carbonyl (C=O) groups is 1. The topological polar surface area (TPSA) is 59.6 Å². The molecule has 0 aliphatic heterocycles. The fourth-order valence-electron chi connectivity index (χ4n) is 2.73. The minimum Gasteiger partial charge on any atom is -0.494 e. The van der Waals surface area contributed by atoms with E-state index in [1.807, 2.05) is 31.2 Å². The average molecular weight is 306 g/mol. The van der Waals surface area contributed by atoms with Crippen molar-refractivity contribution in [1.29, 1.82) is 0 Å². The van der Waals surface area contributed by atoms with Crippen molar-refractivity contribution in [3.05, 3.63) is 24.3 Å². The Morgan fingerprint density at radius 3 is 2.41 bits per heavy atom. The summed E-state index contributed by atoms with van der Waals surface area (Å²) in [6.45, 7) is 4.93. The van der Waals surface area contributed by atoms with Gasteiger partial charge >= 0.3 is 6.03 Å². The van der Waals surface area contributed by atoms with Gasteiger partial charge in [0.25, 0.3) is 0 Å². The van der Waals surface area contributed by atoms with E-state index < -0.39 is 0 Å². The molecule has 2 rings (SSSR count). The number of hydrogen-bond donors (Lipinski definition) is 2. The van der Waals surface area contributed by atoms with Crippen LogP contribution in [0.4, 0.5) is 4.79 Å². The van der Waals surface area contributed by atoms with Gasteiger partial charge in [-0.3, -0.25) is 0 Å². The van der Waals surface area contributed by atoms with Gasteiger partial charge in [-0.1, -0.05) is 19.8 Å². The maximum absolute atomic E-state index is 11.9. The van der Waals surface area contributed by atoms with E-state index in [9.17, 15) is 4.79 Å². The molecule has 2 atom stereocenters. The summed E-state index contributed by atoms with van der Waals surface area (Å²) in [6, 6.07) is 7.47. The molecule has 2 N–H and O–H groups in total. The van der Waals surface area contributed by atoms with E-state index in [0.717, 1.165) is 12.2 Å². The molecule has 1 aliphatic carbocycles. The van der Waals surface area contributed by atoms with Gasteiger partial charge in [-0.05, 0) is 49.9 Å². The first-order chi connectivity index (χ1) is 10.7. The molecular weight excluding hydrogens is 280 g/mol. The summed E-state index contributed by atoms with van der Waals surface area (Å²) >= 11 is 0. The van der Waals surface area contributed by atoms with Crippen molar-refractivity contribution in [1.82, 2.24) is 10.6 Å². The van der Waals surface area contributed by atoms with Crippen LogP contribution >= 0.6 is 0 Å². The highest BCUT2D eigenvalue weighted by molar-refractivity contribution is 5.74. The van der Waals surface area contributed by atoms with Crippen LogP contribution in [0.1, 0.15) is 39.5 Å². The van der Waals surface area contributed by atoms with Crippen molar-refractivity contribution in [3.8, 4) is 11.5 Å². The Morgan fingerprint density at radius 2 is 1.77 bits per heavy atom. The van der Waals surface area contributed by atoms with E-state index in [4.69, 9.17) is 9.47 Å². The lowest BCUT2D eigenvalue weighted by molar-refractivity contribution is 0.208. The fraction of sp³-hybridized carbons (Fsp3) is 0.588. The van der Waals surface area contributed by atoms with Gasteiger partial charge in [0.2, 0.25) is 0 Å². The summed E-state index contributed by atoms with van der Waals surface area (Å²) in [5.41, 5.74) is 0. The van der Waals surface area contributed by atoms with Crippen molar-refractivity contribution >= 4 is 6.03 Å². The zero-order chi connectivity index (χ0) is 15.8. The summed E-state index contributed by atoms with van der Waals surface area (Å²) in [5.74, 6) is 2.06. The van der Waals surface area contributed by atoms with Crippen LogP contribution in [0.5, 0.6) is 11.5 Å². The van der Waals surface area contributed by atoms with Crippen LogP contribution in [0.15, 0.2) is 24.3 Å². The first-order valence-electron chi connectivity index (χ1n) is 8.09. The highest BCUT2D eigenvalue weighted by Crippen LogP contribution is 2.23. The van der Waals surface area contributed by atoms with Crippen LogP contribution in [0.25, 0.3) is 0 Å². The quantitative estimate of drug-likeness (QED) is 0.793. The summed E-state index contributed by atoms with van der Waals surface area (Å²) in [5, 5.41) is 5.77. The second-order valence-electron chi connectivity index (χ2n) is 5.71. The third-order valence-electron chi connectivity index (χ3n) is 4.03. The Balaban J connectivity index is 1.68. The van der Waals surface area contributed by atoms with E-state index in [1.54, 1.807) is 0 Å². The van der Waals surface area contributed by atoms with Crippen molar-refractivity contribution in [3.63, 3.8) is 0 Å². The van der Waals surface area contributed by atoms with Gasteiger partial charge in [-0.2, -0.15) is 0 Å². The number of nitrogens with one attached hydrogen (secondary N) is 2. The SMILES string of the molecule is CCOc1ccc(OCNC(=O)NC2CCCCC2C)cc1. The van der Waals surface area contributed by atoms with Gasteiger partial charge in [0.1, 0.15) is 11.5 Å². The van der Waals surface area contributed by atoms with Crippen LogP contribution in [0, 0.1) is 5.92 Å². The third-order valence-corrected chi connectivity index (χ3v) is 4.03.